The Labute approximate surface area is 363 Å². The van der Waals surface area contributed by atoms with E-state index >= 15 is 0 Å². The molecule has 0 spiro atoms. The van der Waals surface area contributed by atoms with E-state index in [4.69, 9.17) is 29.4 Å². The summed E-state index contributed by atoms with van der Waals surface area (Å²) in [5.74, 6) is -3.76. The van der Waals surface area contributed by atoms with Crippen molar-refractivity contribution in [3.8, 4) is 0 Å². The lowest BCUT2D eigenvalue weighted by Crippen LogP contribution is -2.61. The van der Waals surface area contributed by atoms with E-state index in [1.807, 2.05) is 65.7 Å². The van der Waals surface area contributed by atoms with Crippen molar-refractivity contribution >= 4 is 29.3 Å². The standard InChI is InChI=1S/C46H75N5O10/c1-14-35-46(10)38(51(43(56)61-46)20-16-15-19-50-24-33(48-25-50)31-18-17-26(2)32(47)22-31)29(5)36(52)27(3)23-45(9,57-13)40(30(6)39(54)44(7,8)42(55)59-35)60-41-37(53)34(49(11)12)21-28(4)58-41/h17-18,22,27-30,33-35,37-38,40-41,48,53H,14-16,19-21,23-25,47H2,1-13H3/t27-,28-,29+,30+,33?,34+,35-,37-,38-,40-,41+,45-,46-/m1/s1. The quantitative estimate of drug-likeness (QED) is 0.119. The third kappa shape index (κ3) is 9.98. The van der Waals surface area contributed by atoms with Crippen molar-refractivity contribution in [1.29, 1.82) is 0 Å². The zero-order valence-electron chi connectivity index (χ0n) is 39.0. The molecule has 5 rings (SSSR count). The first kappa shape index (κ1) is 48.8. The van der Waals surface area contributed by atoms with Crippen LogP contribution in [0.1, 0.15) is 112 Å². The Bertz CT molecular complexity index is 1740. The zero-order chi connectivity index (χ0) is 45.4. The Hall–Kier alpha value is -3.18. The highest BCUT2D eigenvalue weighted by Gasteiger charge is 2.61. The Balaban J connectivity index is 1.42. The average molecular weight is 858 g/mol. The molecule has 1 unspecified atom stereocenters. The van der Waals surface area contributed by atoms with Crippen molar-refractivity contribution in [1.82, 2.24) is 20.0 Å². The van der Waals surface area contributed by atoms with Crippen LogP contribution in [-0.4, -0.2) is 145 Å². The molecule has 4 aliphatic rings. The highest BCUT2D eigenvalue weighted by Crippen LogP contribution is 2.44. The van der Waals surface area contributed by atoms with Crippen LogP contribution in [0.15, 0.2) is 18.2 Å². The number of ether oxygens (including phenoxy) is 5. The first-order valence-electron chi connectivity index (χ1n) is 22.3. The van der Waals surface area contributed by atoms with Crippen LogP contribution in [0, 0.1) is 30.1 Å². The molecule has 0 saturated carbocycles. The van der Waals surface area contributed by atoms with E-state index in [0.717, 1.165) is 43.0 Å². The summed E-state index contributed by atoms with van der Waals surface area (Å²) in [6.07, 6.45) is -2.65. The number of carbonyl (C=O) groups excluding carboxylic acids is 4. The molecule has 1 aromatic rings. The summed E-state index contributed by atoms with van der Waals surface area (Å²) in [5.41, 5.74) is 4.82. The number of amides is 1. The molecule has 344 valence electrons. The zero-order valence-corrected chi connectivity index (χ0v) is 39.0. The number of likely N-dealkylation sites (N-methyl/N-ethyl adjacent to an activating group) is 1. The number of aliphatic hydroxyl groups is 1. The van der Waals surface area contributed by atoms with Gasteiger partial charge in [-0.05, 0) is 111 Å². The minimum Gasteiger partial charge on any atom is -0.457 e. The van der Waals surface area contributed by atoms with Gasteiger partial charge in [0, 0.05) is 62.4 Å². The van der Waals surface area contributed by atoms with Crippen molar-refractivity contribution in [3.05, 3.63) is 29.3 Å². The Kier molecular flexibility index (Phi) is 15.4. The van der Waals surface area contributed by atoms with Crippen molar-refractivity contribution < 1.29 is 48.0 Å². The van der Waals surface area contributed by atoms with Gasteiger partial charge in [-0.1, -0.05) is 39.8 Å². The Morgan fingerprint density at radius 1 is 1.02 bits per heavy atom. The summed E-state index contributed by atoms with van der Waals surface area (Å²) in [5, 5.41) is 15.1. The van der Waals surface area contributed by atoms with Gasteiger partial charge < -0.3 is 44.3 Å². The number of hydrogen-bond donors (Lipinski definition) is 3. The maximum atomic E-state index is 14.8. The van der Waals surface area contributed by atoms with Crippen LogP contribution in [0.3, 0.4) is 0 Å². The molecule has 13 atom stereocenters. The van der Waals surface area contributed by atoms with Crippen molar-refractivity contribution in [2.45, 2.75) is 161 Å². The number of aryl methyl sites for hydroxylation is 1. The number of nitrogens with one attached hydrogen (secondary N) is 1. The number of carbonyl (C=O) groups is 4. The molecule has 1 aromatic carbocycles. The van der Waals surface area contributed by atoms with Gasteiger partial charge in [0.2, 0.25) is 0 Å². The number of hydrogen-bond acceptors (Lipinski definition) is 14. The van der Waals surface area contributed by atoms with Crippen LogP contribution < -0.4 is 11.1 Å². The maximum Gasteiger partial charge on any atom is 0.410 e. The molecule has 0 aromatic heterocycles. The molecular weight excluding hydrogens is 783 g/mol. The molecule has 0 radical (unpaired) electrons. The second-order valence-electron chi connectivity index (χ2n) is 19.5. The monoisotopic (exact) mass is 858 g/mol. The van der Waals surface area contributed by atoms with Crippen molar-refractivity contribution in [3.63, 3.8) is 0 Å². The SMILES string of the molecule is CC[C@H]1OC(=O)C(C)(C)C(=O)[C@H](C)[C@@H](O[C@@H]2O[C@H](C)C[C@H](N(C)C)[C@H]2O)[C@](C)(OC)C[C@@H](C)C(=O)[C@H](C)[C@H]2N(CCCCN3CNC(c4ccc(C)c(N)c4)C3)C(=O)O[C@]12C. The van der Waals surface area contributed by atoms with E-state index in [1.165, 1.54) is 21.0 Å². The van der Waals surface area contributed by atoms with Crippen LogP contribution >= 0.6 is 0 Å². The third-order valence-corrected chi connectivity index (χ3v) is 14.3. The molecular formula is C46H75N5O10. The van der Waals surface area contributed by atoms with Gasteiger partial charge in [0.15, 0.2) is 17.7 Å². The Morgan fingerprint density at radius 3 is 2.31 bits per heavy atom. The number of fused-ring (bicyclic) bond motifs is 1. The number of methoxy groups -OCH3 is 1. The van der Waals surface area contributed by atoms with Crippen LogP contribution in [0.2, 0.25) is 0 Å². The molecule has 4 N–H and O–H groups in total. The first-order valence-corrected chi connectivity index (χ1v) is 22.3. The molecule has 61 heavy (non-hydrogen) atoms. The molecule has 0 aliphatic carbocycles. The summed E-state index contributed by atoms with van der Waals surface area (Å²) in [4.78, 5) is 63.7. The van der Waals surface area contributed by atoms with Gasteiger partial charge in [-0.25, -0.2) is 4.79 Å². The number of nitrogens with zero attached hydrogens (tertiary/aromatic N) is 3. The third-order valence-electron chi connectivity index (χ3n) is 14.3. The summed E-state index contributed by atoms with van der Waals surface area (Å²) < 4.78 is 31.6. The van der Waals surface area contributed by atoms with Gasteiger partial charge in [-0.15, -0.1) is 0 Å². The lowest BCUT2D eigenvalue weighted by atomic mass is 9.71. The molecule has 15 heteroatoms. The molecule has 4 saturated heterocycles. The number of cyclic esters (lactones) is 1. The molecule has 4 aliphatic heterocycles. The predicted molar refractivity (Wildman–Crippen MR) is 231 cm³/mol. The van der Waals surface area contributed by atoms with E-state index < -0.39 is 82.9 Å². The lowest BCUT2D eigenvalue weighted by Gasteiger charge is -2.47. The smallest absolute Gasteiger partial charge is 0.410 e. The number of rotatable bonds is 11. The average Bonchev–Trinajstić information content (AvgIpc) is 3.79. The van der Waals surface area contributed by atoms with Crippen molar-refractivity contribution in [2.24, 2.45) is 23.2 Å². The normalized spacial score (nSPS) is 38.0. The number of aliphatic hydroxyl groups excluding tert-OH is 1. The summed E-state index contributed by atoms with van der Waals surface area (Å²) in [6, 6.07) is 5.29. The molecule has 15 nitrogen and oxygen atoms in total. The number of ketones is 2. The fourth-order valence-corrected chi connectivity index (χ4v) is 10.4. The van der Waals surface area contributed by atoms with E-state index in [2.05, 4.69) is 16.3 Å². The van der Waals surface area contributed by atoms with E-state index in [1.54, 1.807) is 25.7 Å². The van der Waals surface area contributed by atoms with Gasteiger partial charge in [0.05, 0.1) is 23.9 Å². The predicted octanol–water partition coefficient (Wildman–Crippen LogP) is 4.86. The molecule has 1 amide bonds. The number of benzene rings is 1. The number of anilines is 1. The van der Waals surface area contributed by atoms with Crippen LogP contribution in [0.4, 0.5) is 10.5 Å². The number of nitrogens with two attached hydrogens (primary N) is 1. The second-order valence-corrected chi connectivity index (χ2v) is 19.5. The van der Waals surface area contributed by atoms with Crippen LogP contribution in [-0.2, 0) is 38.1 Å². The van der Waals surface area contributed by atoms with Crippen LogP contribution in [0.25, 0.3) is 0 Å². The number of Topliss-reactive ketones (excluding diaryl/α,β-unsaturated/α-hetero) is 2. The minimum atomic E-state index is -1.67. The van der Waals surface area contributed by atoms with Gasteiger partial charge in [0.25, 0.3) is 0 Å². The van der Waals surface area contributed by atoms with Crippen molar-refractivity contribution in [2.75, 3.05) is 53.2 Å². The lowest BCUT2D eigenvalue weighted by molar-refractivity contribution is -0.295. The fourth-order valence-electron chi connectivity index (χ4n) is 10.4. The van der Waals surface area contributed by atoms with E-state index in [0.29, 0.717) is 19.4 Å². The van der Waals surface area contributed by atoms with Crippen LogP contribution in [0.5, 0.6) is 0 Å². The van der Waals surface area contributed by atoms with Gasteiger partial charge in [-0.3, -0.25) is 24.6 Å². The topological polar surface area (TPSA) is 182 Å². The highest BCUT2D eigenvalue weighted by atomic mass is 16.7. The largest absolute Gasteiger partial charge is 0.457 e. The number of esters is 1. The van der Waals surface area contributed by atoms with Gasteiger partial charge in [0.1, 0.15) is 23.4 Å². The Morgan fingerprint density at radius 2 is 1.69 bits per heavy atom. The summed E-state index contributed by atoms with van der Waals surface area (Å²) in [6.45, 7) is 20.3. The summed E-state index contributed by atoms with van der Waals surface area (Å²) in [7, 11) is 5.26. The van der Waals surface area contributed by atoms with Gasteiger partial charge >= 0.3 is 12.1 Å². The van der Waals surface area contributed by atoms with Gasteiger partial charge in [-0.2, -0.15) is 0 Å². The molecule has 4 heterocycles. The second kappa shape index (κ2) is 19.3. The number of nitrogen functional groups attached to an aromatic ring is 1. The highest BCUT2D eigenvalue weighted by molar-refractivity contribution is 6.04. The van der Waals surface area contributed by atoms with E-state index in [9.17, 15) is 24.3 Å². The fraction of sp³-hybridized carbons (Fsp3) is 0.783. The number of unbranched alkanes of at least 4 members (excludes halogenated alkanes) is 1. The summed E-state index contributed by atoms with van der Waals surface area (Å²) >= 11 is 0. The maximum absolute atomic E-state index is 14.8. The molecule has 0 bridgehead atoms. The molecule has 4 fully saturated rings. The van der Waals surface area contributed by atoms with E-state index in [-0.39, 0.29) is 36.8 Å². The first-order chi connectivity index (χ1) is 28.5. The minimum absolute atomic E-state index is 0.130.